The summed E-state index contributed by atoms with van der Waals surface area (Å²) in [5.74, 6) is 0. The van der Waals surface area contributed by atoms with E-state index in [4.69, 9.17) is 4.74 Å². The van der Waals surface area contributed by atoms with Crippen molar-refractivity contribution in [3.8, 4) is 6.07 Å². The van der Waals surface area contributed by atoms with Crippen LogP contribution in [0.3, 0.4) is 0 Å². The average molecular weight is 313 g/mol. The molecule has 5 nitrogen and oxygen atoms in total. The molecule has 1 aromatic rings. The number of nitriles is 1. The number of likely N-dealkylation sites (tertiary alicyclic amines) is 2. The monoisotopic (exact) mass is 313 g/mol. The number of amides is 1. The van der Waals surface area contributed by atoms with Gasteiger partial charge in [-0.2, -0.15) is 5.26 Å². The van der Waals surface area contributed by atoms with Crippen molar-refractivity contribution in [2.45, 2.75) is 50.9 Å². The molecule has 0 spiro atoms. The molecule has 2 aliphatic heterocycles. The first kappa shape index (κ1) is 15.8. The Bertz CT molecular complexity index is 632. The molecule has 1 aromatic carbocycles. The molecule has 2 atom stereocenters. The molecular weight excluding hydrogens is 290 g/mol. The van der Waals surface area contributed by atoms with Crippen LogP contribution in [0.25, 0.3) is 0 Å². The van der Waals surface area contributed by atoms with Crippen molar-refractivity contribution in [3.05, 3.63) is 35.9 Å². The van der Waals surface area contributed by atoms with Crippen LogP contribution in [0, 0.1) is 11.3 Å². The highest BCUT2D eigenvalue weighted by atomic mass is 16.6. The summed E-state index contributed by atoms with van der Waals surface area (Å²) in [5, 5.41) is 9.75. The number of carbonyl (C=O) groups excluding carboxylic acids is 1. The summed E-state index contributed by atoms with van der Waals surface area (Å²) < 4.78 is 5.48. The van der Waals surface area contributed by atoms with E-state index in [1.165, 1.54) is 5.56 Å². The molecule has 122 valence electrons. The van der Waals surface area contributed by atoms with E-state index in [9.17, 15) is 10.1 Å². The first-order valence-electron chi connectivity index (χ1n) is 8.03. The smallest absolute Gasteiger partial charge is 0.410 e. The zero-order valence-corrected chi connectivity index (χ0v) is 14.0. The topological polar surface area (TPSA) is 56.6 Å². The van der Waals surface area contributed by atoms with Crippen molar-refractivity contribution in [2.75, 3.05) is 13.1 Å². The molecule has 0 aliphatic carbocycles. The van der Waals surface area contributed by atoms with Crippen molar-refractivity contribution < 1.29 is 9.53 Å². The fraction of sp³-hybridized carbons (Fsp3) is 0.556. The van der Waals surface area contributed by atoms with Crippen molar-refractivity contribution in [1.82, 2.24) is 9.80 Å². The number of ether oxygens (including phenoxy) is 1. The molecule has 5 heteroatoms. The lowest BCUT2D eigenvalue weighted by Gasteiger charge is -2.38. The van der Waals surface area contributed by atoms with Gasteiger partial charge in [-0.15, -0.1) is 0 Å². The summed E-state index contributed by atoms with van der Waals surface area (Å²) in [4.78, 5) is 16.3. The third-order valence-electron chi connectivity index (χ3n) is 4.53. The van der Waals surface area contributed by atoms with Crippen molar-refractivity contribution in [2.24, 2.45) is 0 Å². The van der Waals surface area contributed by atoms with Gasteiger partial charge < -0.3 is 9.64 Å². The van der Waals surface area contributed by atoms with Gasteiger partial charge in [0.25, 0.3) is 0 Å². The fourth-order valence-electron chi connectivity index (χ4n) is 3.50. The third kappa shape index (κ3) is 3.04. The van der Waals surface area contributed by atoms with Crippen LogP contribution in [0.5, 0.6) is 0 Å². The second-order valence-electron chi connectivity index (χ2n) is 7.48. The van der Waals surface area contributed by atoms with E-state index in [1.807, 2.05) is 39.0 Å². The third-order valence-corrected chi connectivity index (χ3v) is 4.53. The Balaban J connectivity index is 1.72. The van der Waals surface area contributed by atoms with Crippen LogP contribution >= 0.6 is 0 Å². The minimum absolute atomic E-state index is 0.0632. The summed E-state index contributed by atoms with van der Waals surface area (Å²) in [5.41, 5.74) is 0.0957. The number of rotatable bonds is 2. The lowest BCUT2D eigenvalue weighted by atomic mass is 10.0. The van der Waals surface area contributed by atoms with Crippen LogP contribution in [-0.4, -0.2) is 46.2 Å². The first-order chi connectivity index (χ1) is 10.8. The van der Waals surface area contributed by atoms with Crippen LogP contribution < -0.4 is 0 Å². The van der Waals surface area contributed by atoms with Gasteiger partial charge in [0.1, 0.15) is 11.1 Å². The average Bonchev–Trinajstić information content (AvgIpc) is 3.02. The first-order valence-corrected chi connectivity index (χ1v) is 8.03. The highest BCUT2D eigenvalue weighted by molar-refractivity contribution is 5.70. The fourth-order valence-corrected chi connectivity index (χ4v) is 3.50. The summed E-state index contributed by atoms with van der Waals surface area (Å²) in [7, 11) is 0. The van der Waals surface area contributed by atoms with E-state index in [0.717, 1.165) is 13.1 Å². The minimum atomic E-state index is -0.586. The number of nitrogens with zero attached hydrogens (tertiary/aromatic N) is 3. The molecule has 1 amide bonds. The standard InChI is InChI=1S/C18H23N3O2/c1-17(2,3)23-16(22)21-13-18(12-19)9-15(21)11-20(18)10-14-7-5-4-6-8-14/h4-8,15H,9-11,13H2,1-3H3/t15-,18-/m0/s1. The van der Waals surface area contributed by atoms with Crippen LogP contribution in [-0.2, 0) is 11.3 Å². The SMILES string of the molecule is CC(C)(C)OC(=O)N1C[C@@]2(C#N)C[C@H]1CN2Cc1ccccc1. The quantitative estimate of drug-likeness (QED) is 0.842. The van der Waals surface area contributed by atoms with Gasteiger partial charge in [0.15, 0.2) is 0 Å². The van der Waals surface area contributed by atoms with Gasteiger partial charge >= 0.3 is 6.09 Å². The van der Waals surface area contributed by atoms with Gasteiger partial charge in [-0.1, -0.05) is 30.3 Å². The van der Waals surface area contributed by atoms with Crippen molar-refractivity contribution in [3.63, 3.8) is 0 Å². The Morgan fingerprint density at radius 3 is 2.70 bits per heavy atom. The zero-order valence-electron chi connectivity index (χ0n) is 14.0. The van der Waals surface area contributed by atoms with Gasteiger partial charge in [0.05, 0.1) is 18.7 Å². The predicted octanol–water partition coefficient (Wildman–Crippen LogP) is 2.77. The Morgan fingerprint density at radius 2 is 2.09 bits per heavy atom. The number of piperazine rings is 1. The molecule has 2 fully saturated rings. The maximum Gasteiger partial charge on any atom is 0.410 e. The summed E-state index contributed by atoms with van der Waals surface area (Å²) >= 11 is 0. The highest BCUT2D eigenvalue weighted by Crippen LogP contribution is 2.41. The molecule has 3 rings (SSSR count). The predicted molar refractivity (Wildman–Crippen MR) is 86.5 cm³/mol. The van der Waals surface area contributed by atoms with E-state index < -0.39 is 11.1 Å². The number of fused-ring (bicyclic) bond motifs is 2. The Labute approximate surface area is 137 Å². The molecule has 0 radical (unpaired) electrons. The summed E-state index contributed by atoms with van der Waals surface area (Å²) in [6.07, 6.45) is 0.397. The number of hydrogen-bond donors (Lipinski definition) is 0. The Hall–Kier alpha value is -2.06. The van der Waals surface area contributed by atoms with Gasteiger partial charge in [-0.05, 0) is 26.3 Å². The highest BCUT2D eigenvalue weighted by Gasteiger charge is 2.57. The molecule has 2 bridgehead atoms. The van der Waals surface area contributed by atoms with Crippen LogP contribution in [0.1, 0.15) is 32.8 Å². The van der Waals surface area contributed by atoms with E-state index in [-0.39, 0.29) is 12.1 Å². The Kier molecular flexibility index (Phi) is 3.81. The van der Waals surface area contributed by atoms with E-state index in [2.05, 4.69) is 23.1 Å². The molecule has 2 saturated heterocycles. The van der Waals surface area contributed by atoms with Gasteiger partial charge in [-0.3, -0.25) is 4.90 Å². The maximum atomic E-state index is 12.3. The van der Waals surface area contributed by atoms with Crippen LogP contribution in [0.4, 0.5) is 4.79 Å². The van der Waals surface area contributed by atoms with Crippen LogP contribution in [0.15, 0.2) is 30.3 Å². The molecule has 2 heterocycles. The van der Waals surface area contributed by atoms with E-state index >= 15 is 0 Å². The second kappa shape index (κ2) is 5.54. The molecule has 23 heavy (non-hydrogen) atoms. The van der Waals surface area contributed by atoms with Gasteiger partial charge in [0.2, 0.25) is 0 Å². The van der Waals surface area contributed by atoms with Gasteiger partial charge in [-0.25, -0.2) is 4.79 Å². The van der Waals surface area contributed by atoms with Crippen LogP contribution in [0.2, 0.25) is 0 Å². The normalized spacial score (nSPS) is 27.0. The molecular formula is C18H23N3O2. The van der Waals surface area contributed by atoms with Crippen molar-refractivity contribution in [1.29, 1.82) is 5.26 Å². The largest absolute Gasteiger partial charge is 0.444 e. The van der Waals surface area contributed by atoms with E-state index in [0.29, 0.717) is 13.0 Å². The zero-order chi connectivity index (χ0) is 16.7. The molecule has 0 unspecified atom stereocenters. The lowest BCUT2D eigenvalue weighted by molar-refractivity contribution is 0.00773. The number of carbonyl (C=O) groups is 1. The summed E-state index contributed by atoms with van der Waals surface area (Å²) in [6, 6.07) is 12.7. The molecule has 2 aliphatic rings. The Morgan fingerprint density at radius 1 is 1.39 bits per heavy atom. The van der Waals surface area contributed by atoms with E-state index in [1.54, 1.807) is 4.90 Å². The maximum absolute atomic E-state index is 12.3. The molecule has 0 saturated carbocycles. The van der Waals surface area contributed by atoms with Gasteiger partial charge in [0, 0.05) is 19.5 Å². The lowest BCUT2D eigenvalue weighted by Crippen LogP contribution is -2.55. The number of benzene rings is 1. The second-order valence-corrected chi connectivity index (χ2v) is 7.48. The molecule has 0 N–H and O–H groups in total. The number of hydrogen-bond acceptors (Lipinski definition) is 4. The minimum Gasteiger partial charge on any atom is -0.444 e. The van der Waals surface area contributed by atoms with Crippen molar-refractivity contribution >= 4 is 6.09 Å². The molecule has 0 aromatic heterocycles. The summed E-state index contributed by atoms with van der Waals surface area (Å²) in [6.45, 7) is 7.48.